The number of morpholine rings is 1. The molecule has 11 heteroatoms. The summed E-state index contributed by atoms with van der Waals surface area (Å²) in [5.74, 6) is -1.21. The summed E-state index contributed by atoms with van der Waals surface area (Å²) in [7, 11) is 3.54. The van der Waals surface area contributed by atoms with E-state index in [1.54, 1.807) is 19.0 Å². The van der Waals surface area contributed by atoms with Crippen molar-refractivity contribution in [2.24, 2.45) is 0 Å². The molecule has 0 amide bonds. The molecule has 2 fully saturated rings. The summed E-state index contributed by atoms with van der Waals surface area (Å²) in [6.07, 6.45) is -0.197. The van der Waals surface area contributed by atoms with E-state index in [-0.39, 0.29) is 19.5 Å². The fourth-order valence-electron chi connectivity index (χ4n) is 3.95. The Bertz CT molecular complexity index is 942. The quantitative estimate of drug-likeness (QED) is 0.602. The number of nitrogens with one attached hydrogen (secondary N) is 2. The van der Waals surface area contributed by atoms with Gasteiger partial charge in [-0.05, 0) is 11.6 Å². The third-order valence-electron chi connectivity index (χ3n) is 5.68. The molecule has 1 aromatic heterocycles. The molecule has 0 spiro atoms. The second-order valence-corrected chi connectivity index (χ2v) is 8.23. The molecular weight excluding hydrogens is 440 g/mol. The van der Waals surface area contributed by atoms with E-state index < -0.39 is 5.92 Å². The van der Waals surface area contributed by atoms with Gasteiger partial charge in [0.2, 0.25) is 5.95 Å². The maximum Gasteiger partial charge on any atom is 0.266 e. The smallest absolute Gasteiger partial charge is 0.266 e. The highest BCUT2D eigenvalue weighted by Gasteiger charge is 2.40. The molecule has 32 heavy (non-hydrogen) atoms. The Balaban J connectivity index is 1.78. The van der Waals surface area contributed by atoms with E-state index in [9.17, 15) is 8.78 Å². The average molecular weight is 468 g/mol. The maximum atomic E-state index is 14.1. The summed E-state index contributed by atoms with van der Waals surface area (Å²) >= 11 is 6.39. The van der Waals surface area contributed by atoms with Gasteiger partial charge < -0.3 is 19.9 Å². The largest absolute Gasteiger partial charge is 0.382 e. The minimum absolute atomic E-state index is 0.197. The Hall–Kier alpha value is -2.43. The second-order valence-electron chi connectivity index (χ2n) is 7.82. The van der Waals surface area contributed by atoms with Crippen molar-refractivity contribution in [1.29, 1.82) is 0 Å². The van der Waals surface area contributed by atoms with Gasteiger partial charge in [0.25, 0.3) is 5.92 Å². The van der Waals surface area contributed by atoms with Crippen LogP contribution in [0.5, 0.6) is 0 Å². The van der Waals surface area contributed by atoms with Gasteiger partial charge in [-0.3, -0.25) is 5.01 Å². The molecule has 2 N–H and O–H groups in total. The van der Waals surface area contributed by atoms with Gasteiger partial charge in [0.05, 0.1) is 26.3 Å². The van der Waals surface area contributed by atoms with Crippen molar-refractivity contribution in [3.8, 4) is 0 Å². The van der Waals surface area contributed by atoms with Crippen LogP contribution in [0, 0.1) is 0 Å². The topological polar surface area (TPSA) is 68.8 Å². The van der Waals surface area contributed by atoms with Gasteiger partial charge in [0.1, 0.15) is 5.69 Å². The number of benzene rings is 1. The molecule has 2 aliphatic heterocycles. The summed E-state index contributed by atoms with van der Waals surface area (Å²) in [6.45, 7) is 2.70. The highest BCUT2D eigenvalue weighted by molar-refractivity contribution is 6.31. The summed E-state index contributed by atoms with van der Waals surface area (Å²) < 4.78 is 33.6. The van der Waals surface area contributed by atoms with E-state index in [1.807, 2.05) is 34.2 Å². The molecule has 0 unspecified atom stereocenters. The first-order chi connectivity index (χ1) is 15.4. The molecule has 0 saturated carbocycles. The monoisotopic (exact) mass is 467 g/mol. The molecule has 8 nitrogen and oxygen atoms in total. The van der Waals surface area contributed by atoms with Crippen LogP contribution in [0.2, 0.25) is 5.02 Å². The second kappa shape index (κ2) is 9.60. The average Bonchev–Trinajstić information content (AvgIpc) is 3.17. The van der Waals surface area contributed by atoms with Gasteiger partial charge >= 0.3 is 0 Å². The van der Waals surface area contributed by atoms with Crippen molar-refractivity contribution in [2.75, 3.05) is 73.6 Å². The van der Waals surface area contributed by atoms with E-state index in [2.05, 4.69) is 10.7 Å². The standard InChI is InChI=1S/C21H28ClF2N7O/c1-25-17-18(30-8-7-21(23,24)14-30)27-20(29-9-11-32-12-10-29)28-19(17)31(26-2)13-15-5-3-4-6-16(15)22/h3-6,25-26H,7-14H2,1-2H3. The van der Waals surface area contributed by atoms with Gasteiger partial charge in [0.15, 0.2) is 11.6 Å². The molecule has 0 radical (unpaired) electrons. The maximum absolute atomic E-state index is 14.1. The lowest BCUT2D eigenvalue weighted by molar-refractivity contribution is 0.0257. The molecule has 0 aliphatic carbocycles. The molecule has 0 atom stereocenters. The van der Waals surface area contributed by atoms with Crippen LogP contribution in [-0.2, 0) is 11.3 Å². The van der Waals surface area contributed by atoms with Crippen molar-refractivity contribution in [3.63, 3.8) is 0 Å². The van der Waals surface area contributed by atoms with Gasteiger partial charge in [-0.1, -0.05) is 29.8 Å². The molecule has 174 valence electrons. The summed E-state index contributed by atoms with van der Waals surface area (Å²) in [5, 5.41) is 5.63. The van der Waals surface area contributed by atoms with E-state index in [4.69, 9.17) is 26.3 Å². The molecule has 2 aromatic rings. The fraction of sp³-hybridized carbons (Fsp3) is 0.524. The van der Waals surface area contributed by atoms with Crippen LogP contribution in [0.4, 0.5) is 32.1 Å². The lowest BCUT2D eigenvalue weighted by Crippen LogP contribution is -2.40. The first kappa shape index (κ1) is 22.8. The Labute approximate surface area is 191 Å². The predicted octanol–water partition coefficient (Wildman–Crippen LogP) is 2.99. The lowest BCUT2D eigenvalue weighted by atomic mass is 10.2. The number of halogens is 3. The Morgan fingerprint density at radius 3 is 2.50 bits per heavy atom. The number of nitrogens with zero attached hydrogens (tertiary/aromatic N) is 5. The third-order valence-corrected chi connectivity index (χ3v) is 6.05. The summed E-state index contributed by atoms with van der Waals surface area (Å²) in [6, 6.07) is 7.57. The number of hydrogen-bond donors (Lipinski definition) is 2. The van der Waals surface area contributed by atoms with Crippen molar-refractivity contribution in [1.82, 2.24) is 15.4 Å². The van der Waals surface area contributed by atoms with Crippen LogP contribution in [0.3, 0.4) is 0 Å². The van der Waals surface area contributed by atoms with Crippen LogP contribution in [0.15, 0.2) is 24.3 Å². The zero-order valence-corrected chi connectivity index (χ0v) is 19.0. The van der Waals surface area contributed by atoms with E-state index in [0.29, 0.717) is 61.1 Å². The Morgan fingerprint density at radius 2 is 1.88 bits per heavy atom. The summed E-state index contributed by atoms with van der Waals surface area (Å²) in [5.41, 5.74) is 4.66. The van der Waals surface area contributed by atoms with Gasteiger partial charge in [-0.25, -0.2) is 14.2 Å². The number of rotatable bonds is 7. The number of anilines is 4. The third kappa shape index (κ3) is 4.82. The molecule has 2 aliphatic rings. The zero-order valence-electron chi connectivity index (χ0n) is 18.2. The molecule has 4 rings (SSSR count). The van der Waals surface area contributed by atoms with Crippen LogP contribution >= 0.6 is 11.6 Å². The Morgan fingerprint density at radius 1 is 1.12 bits per heavy atom. The van der Waals surface area contributed by atoms with E-state index in [1.165, 1.54) is 0 Å². The van der Waals surface area contributed by atoms with Crippen molar-refractivity contribution in [3.05, 3.63) is 34.9 Å². The van der Waals surface area contributed by atoms with Crippen molar-refractivity contribution < 1.29 is 13.5 Å². The lowest BCUT2D eigenvalue weighted by Gasteiger charge is -2.32. The fourth-order valence-corrected chi connectivity index (χ4v) is 4.15. The van der Waals surface area contributed by atoms with Gasteiger partial charge in [-0.15, -0.1) is 0 Å². The molecule has 3 heterocycles. The SMILES string of the molecule is CNc1c(N2CCC(F)(F)C2)nc(N2CCOCC2)nc1N(Cc1ccccc1Cl)NC. The van der Waals surface area contributed by atoms with E-state index in [0.717, 1.165) is 5.56 Å². The number of ether oxygens (including phenoxy) is 1. The first-order valence-electron chi connectivity index (χ1n) is 10.7. The zero-order chi connectivity index (χ0) is 22.7. The molecular formula is C21H28ClF2N7O. The minimum atomic E-state index is -2.74. The number of aromatic nitrogens is 2. The van der Waals surface area contributed by atoms with Crippen LogP contribution in [0.1, 0.15) is 12.0 Å². The van der Waals surface area contributed by atoms with Gasteiger partial charge in [0, 0.05) is 45.2 Å². The van der Waals surface area contributed by atoms with Crippen LogP contribution < -0.4 is 25.6 Å². The molecule has 2 saturated heterocycles. The first-order valence-corrected chi connectivity index (χ1v) is 11.0. The highest BCUT2D eigenvalue weighted by atomic mass is 35.5. The van der Waals surface area contributed by atoms with Crippen molar-refractivity contribution >= 4 is 34.9 Å². The predicted molar refractivity (Wildman–Crippen MR) is 123 cm³/mol. The minimum Gasteiger partial charge on any atom is -0.382 e. The number of hydrogen-bond acceptors (Lipinski definition) is 8. The highest BCUT2D eigenvalue weighted by Crippen LogP contribution is 2.39. The molecule has 1 aromatic carbocycles. The molecule has 0 bridgehead atoms. The summed E-state index contributed by atoms with van der Waals surface area (Å²) in [4.78, 5) is 13.2. The van der Waals surface area contributed by atoms with Crippen LogP contribution in [0.25, 0.3) is 0 Å². The van der Waals surface area contributed by atoms with Crippen LogP contribution in [-0.4, -0.2) is 69.4 Å². The van der Waals surface area contributed by atoms with E-state index >= 15 is 0 Å². The Kier molecular flexibility index (Phi) is 6.82. The number of hydrazine groups is 1. The van der Waals surface area contributed by atoms with Crippen molar-refractivity contribution in [2.45, 2.75) is 18.9 Å². The van der Waals surface area contributed by atoms with Gasteiger partial charge in [-0.2, -0.15) is 9.97 Å². The number of alkyl halides is 2. The normalized spacial score (nSPS) is 18.2.